The van der Waals surface area contributed by atoms with E-state index in [4.69, 9.17) is 9.47 Å². The lowest BCUT2D eigenvalue weighted by atomic mass is 9.98. The fraction of sp³-hybridized carbons (Fsp3) is 0.231. The number of nitrogens with one attached hydrogen (secondary N) is 1. The van der Waals surface area contributed by atoms with Crippen molar-refractivity contribution in [2.45, 2.75) is 25.3 Å². The second kappa shape index (κ2) is 9.56. The molecule has 1 amide bonds. The summed E-state index contributed by atoms with van der Waals surface area (Å²) < 4.78 is 11.0. The van der Waals surface area contributed by atoms with Crippen molar-refractivity contribution in [1.29, 1.82) is 0 Å². The Bertz CT molecular complexity index is 1060. The number of hydrogen-bond acceptors (Lipinski definition) is 4. The third-order valence-electron chi connectivity index (χ3n) is 5.61. The monoisotopic (exact) mass is 431 g/mol. The van der Waals surface area contributed by atoms with E-state index in [1.165, 1.54) is 0 Å². The number of carboxylic acids is 1. The first kappa shape index (κ1) is 21.4. The van der Waals surface area contributed by atoms with Crippen LogP contribution in [-0.2, 0) is 9.53 Å². The number of benzene rings is 3. The fourth-order valence-electron chi connectivity index (χ4n) is 4.17. The van der Waals surface area contributed by atoms with Crippen molar-refractivity contribution in [3.63, 3.8) is 0 Å². The molecule has 1 atom stereocenters. The smallest absolute Gasteiger partial charge is 0.407 e. The molecule has 6 heteroatoms. The molecule has 0 fully saturated rings. The SMILES string of the molecule is CCOc1ccc([C@@H](CC(=O)O)NC(=O)OCC2c3ccccc3-c3ccccc32)cc1. The topological polar surface area (TPSA) is 84.9 Å². The van der Waals surface area contributed by atoms with Gasteiger partial charge < -0.3 is 19.9 Å². The zero-order chi connectivity index (χ0) is 22.5. The molecular weight excluding hydrogens is 406 g/mol. The van der Waals surface area contributed by atoms with Crippen molar-refractivity contribution < 1.29 is 24.2 Å². The molecule has 164 valence electrons. The number of carbonyl (C=O) groups excluding carboxylic acids is 1. The zero-order valence-corrected chi connectivity index (χ0v) is 17.8. The lowest BCUT2D eigenvalue weighted by Gasteiger charge is -2.19. The summed E-state index contributed by atoms with van der Waals surface area (Å²) in [6.07, 6.45) is -0.898. The van der Waals surface area contributed by atoms with Gasteiger partial charge in [0.1, 0.15) is 12.4 Å². The van der Waals surface area contributed by atoms with Gasteiger partial charge in [-0.1, -0.05) is 60.7 Å². The van der Waals surface area contributed by atoms with E-state index in [0.717, 1.165) is 22.3 Å². The molecule has 0 aromatic heterocycles. The highest BCUT2D eigenvalue weighted by Gasteiger charge is 2.29. The first-order valence-corrected chi connectivity index (χ1v) is 10.6. The van der Waals surface area contributed by atoms with Gasteiger partial charge in [-0.2, -0.15) is 0 Å². The van der Waals surface area contributed by atoms with Crippen molar-refractivity contribution in [2.24, 2.45) is 0 Å². The number of ether oxygens (including phenoxy) is 2. The fourth-order valence-corrected chi connectivity index (χ4v) is 4.17. The lowest BCUT2D eigenvalue weighted by Crippen LogP contribution is -2.31. The van der Waals surface area contributed by atoms with Crippen LogP contribution in [0, 0.1) is 0 Å². The maximum absolute atomic E-state index is 12.6. The van der Waals surface area contributed by atoms with Crippen LogP contribution in [0.4, 0.5) is 4.79 Å². The normalized spacial score (nSPS) is 13.0. The van der Waals surface area contributed by atoms with E-state index in [1.807, 2.05) is 31.2 Å². The number of amides is 1. The van der Waals surface area contributed by atoms with Crippen molar-refractivity contribution >= 4 is 12.1 Å². The average Bonchev–Trinajstić information content (AvgIpc) is 3.11. The minimum absolute atomic E-state index is 0.0588. The Morgan fingerprint density at radius 2 is 1.53 bits per heavy atom. The molecule has 0 spiro atoms. The predicted molar refractivity (Wildman–Crippen MR) is 121 cm³/mol. The van der Waals surface area contributed by atoms with Crippen LogP contribution in [0.25, 0.3) is 11.1 Å². The molecule has 0 unspecified atom stereocenters. The van der Waals surface area contributed by atoms with E-state index in [2.05, 4.69) is 29.6 Å². The van der Waals surface area contributed by atoms with Crippen molar-refractivity contribution in [1.82, 2.24) is 5.32 Å². The van der Waals surface area contributed by atoms with Gasteiger partial charge in [-0.3, -0.25) is 4.79 Å². The minimum Gasteiger partial charge on any atom is -0.494 e. The highest BCUT2D eigenvalue weighted by Crippen LogP contribution is 2.44. The van der Waals surface area contributed by atoms with Gasteiger partial charge in [-0.15, -0.1) is 0 Å². The van der Waals surface area contributed by atoms with Crippen LogP contribution >= 0.6 is 0 Å². The summed E-state index contributed by atoms with van der Waals surface area (Å²) in [5, 5.41) is 12.0. The van der Waals surface area contributed by atoms with Crippen LogP contribution in [-0.4, -0.2) is 30.4 Å². The Morgan fingerprint density at radius 3 is 2.09 bits per heavy atom. The third-order valence-corrected chi connectivity index (χ3v) is 5.61. The summed E-state index contributed by atoms with van der Waals surface area (Å²) in [6, 6.07) is 22.5. The Balaban J connectivity index is 1.45. The summed E-state index contributed by atoms with van der Waals surface area (Å²) in [5.74, 6) is -0.383. The summed E-state index contributed by atoms with van der Waals surface area (Å²) >= 11 is 0. The maximum Gasteiger partial charge on any atom is 0.407 e. The lowest BCUT2D eigenvalue weighted by molar-refractivity contribution is -0.137. The first-order chi connectivity index (χ1) is 15.6. The van der Waals surface area contributed by atoms with Gasteiger partial charge in [0.2, 0.25) is 0 Å². The number of carboxylic acid groups (broad SMARTS) is 1. The number of rotatable bonds is 8. The minimum atomic E-state index is -1.01. The van der Waals surface area contributed by atoms with E-state index < -0.39 is 18.1 Å². The molecule has 4 rings (SSSR count). The van der Waals surface area contributed by atoms with E-state index in [0.29, 0.717) is 17.9 Å². The summed E-state index contributed by atoms with van der Waals surface area (Å²) in [4.78, 5) is 24.0. The van der Waals surface area contributed by atoms with Crippen LogP contribution < -0.4 is 10.1 Å². The number of hydrogen-bond donors (Lipinski definition) is 2. The van der Waals surface area contributed by atoms with E-state index in [-0.39, 0.29) is 18.9 Å². The summed E-state index contributed by atoms with van der Waals surface area (Å²) in [7, 11) is 0. The van der Waals surface area contributed by atoms with Gasteiger partial charge in [0.05, 0.1) is 19.1 Å². The molecule has 2 N–H and O–H groups in total. The van der Waals surface area contributed by atoms with Crippen LogP contribution in [0.5, 0.6) is 5.75 Å². The Hall–Kier alpha value is -3.80. The van der Waals surface area contributed by atoms with Crippen molar-refractivity contribution in [3.05, 3.63) is 89.5 Å². The second-order valence-electron chi connectivity index (χ2n) is 7.62. The first-order valence-electron chi connectivity index (χ1n) is 10.6. The number of alkyl carbamates (subject to hydrolysis) is 1. The van der Waals surface area contributed by atoms with Gasteiger partial charge in [-0.25, -0.2) is 4.79 Å². The maximum atomic E-state index is 12.6. The molecular formula is C26H25NO5. The molecule has 6 nitrogen and oxygen atoms in total. The molecule has 0 radical (unpaired) electrons. The van der Waals surface area contributed by atoms with Crippen LogP contribution in [0.2, 0.25) is 0 Å². The van der Waals surface area contributed by atoms with Crippen molar-refractivity contribution in [3.8, 4) is 16.9 Å². The standard InChI is InChI=1S/C26H25NO5/c1-2-31-18-13-11-17(12-14-18)24(15-25(28)29)27-26(30)32-16-23-21-9-5-3-7-19(21)20-8-4-6-10-22(20)23/h3-14,23-24H,2,15-16H2,1H3,(H,27,30)(H,28,29)/t24-/m1/s1. The predicted octanol–water partition coefficient (Wildman–Crippen LogP) is 5.14. The molecule has 3 aromatic carbocycles. The van der Waals surface area contributed by atoms with Crippen LogP contribution in [0.3, 0.4) is 0 Å². The van der Waals surface area contributed by atoms with Crippen LogP contribution in [0.1, 0.15) is 42.0 Å². The van der Waals surface area contributed by atoms with Gasteiger partial charge in [-0.05, 0) is 46.9 Å². The molecule has 0 bridgehead atoms. The molecule has 0 heterocycles. The zero-order valence-electron chi connectivity index (χ0n) is 17.8. The van der Waals surface area contributed by atoms with Gasteiger partial charge in [0, 0.05) is 5.92 Å². The molecule has 0 aliphatic heterocycles. The number of aliphatic carboxylic acids is 1. The van der Waals surface area contributed by atoms with Gasteiger partial charge in [0.15, 0.2) is 0 Å². The molecule has 1 aliphatic rings. The molecule has 1 aliphatic carbocycles. The van der Waals surface area contributed by atoms with E-state index in [9.17, 15) is 14.7 Å². The highest BCUT2D eigenvalue weighted by atomic mass is 16.5. The molecule has 0 saturated heterocycles. The average molecular weight is 431 g/mol. The summed E-state index contributed by atoms with van der Waals surface area (Å²) in [5.41, 5.74) is 5.21. The quantitative estimate of drug-likeness (QED) is 0.516. The second-order valence-corrected chi connectivity index (χ2v) is 7.62. The number of carbonyl (C=O) groups is 2. The number of fused-ring (bicyclic) bond motifs is 3. The summed E-state index contributed by atoms with van der Waals surface area (Å²) in [6.45, 7) is 2.60. The van der Waals surface area contributed by atoms with Crippen LogP contribution in [0.15, 0.2) is 72.8 Å². The van der Waals surface area contributed by atoms with Crippen molar-refractivity contribution in [2.75, 3.05) is 13.2 Å². The van der Waals surface area contributed by atoms with Gasteiger partial charge in [0.25, 0.3) is 0 Å². The largest absolute Gasteiger partial charge is 0.494 e. The van der Waals surface area contributed by atoms with Gasteiger partial charge >= 0.3 is 12.1 Å². The molecule has 0 saturated carbocycles. The Morgan fingerprint density at radius 1 is 0.938 bits per heavy atom. The highest BCUT2D eigenvalue weighted by molar-refractivity contribution is 5.79. The third kappa shape index (κ3) is 4.59. The molecule has 3 aromatic rings. The Kier molecular flexibility index (Phi) is 6.40. The molecule has 32 heavy (non-hydrogen) atoms. The van der Waals surface area contributed by atoms with E-state index >= 15 is 0 Å². The Labute approximate surface area is 186 Å². The van der Waals surface area contributed by atoms with E-state index in [1.54, 1.807) is 24.3 Å².